The van der Waals surface area contributed by atoms with E-state index in [2.05, 4.69) is 94.1 Å². The molecule has 1 fully saturated rings. The molecule has 2 aliphatic rings. The van der Waals surface area contributed by atoms with Crippen LogP contribution in [0.3, 0.4) is 0 Å². The van der Waals surface area contributed by atoms with Crippen molar-refractivity contribution in [2.45, 2.75) is 20.0 Å². The first kappa shape index (κ1) is 24.3. The summed E-state index contributed by atoms with van der Waals surface area (Å²) in [6, 6.07) is 20.7. The Kier molecular flexibility index (Phi) is 6.77. The van der Waals surface area contributed by atoms with Crippen molar-refractivity contribution >= 4 is 11.1 Å². The largest absolute Gasteiger partial charge is 0.489 e. The van der Waals surface area contributed by atoms with E-state index < -0.39 is 0 Å². The minimum Gasteiger partial charge on any atom is -0.489 e. The van der Waals surface area contributed by atoms with Gasteiger partial charge in [0, 0.05) is 25.2 Å². The molecular weight excluding hydrogens is 460 g/mol. The van der Waals surface area contributed by atoms with E-state index in [4.69, 9.17) is 4.74 Å². The highest BCUT2D eigenvalue weighted by Crippen LogP contribution is 2.62. The Hall–Kier alpha value is -4.39. The molecule has 188 valence electrons. The maximum absolute atomic E-state index is 6.14. The van der Waals surface area contributed by atoms with Crippen molar-refractivity contribution in [1.82, 2.24) is 30.8 Å². The maximum atomic E-state index is 6.14. The van der Waals surface area contributed by atoms with E-state index >= 15 is 0 Å². The first-order valence-corrected chi connectivity index (χ1v) is 12.4. The molecular formula is C30H32N6O. The van der Waals surface area contributed by atoms with Crippen molar-refractivity contribution in [3.05, 3.63) is 126 Å². The number of tetrazole rings is 1. The van der Waals surface area contributed by atoms with E-state index in [9.17, 15) is 0 Å². The van der Waals surface area contributed by atoms with Crippen LogP contribution < -0.4 is 5.32 Å². The van der Waals surface area contributed by atoms with Crippen molar-refractivity contribution in [1.29, 1.82) is 0 Å². The fourth-order valence-electron chi connectivity index (χ4n) is 4.90. The molecule has 3 aromatic rings. The molecule has 0 amide bonds. The molecule has 0 bridgehead atoms. The predicted molar refractivity (Wildman–Crippen MR) is 146 cm³/mol. The topological polar surface area (TPSA) is 79.0 Å². The van der Waals surface area contributed by atoms with Gasteiger partial charge in [0.15, 0.2) is 0 Å². The van der Waals surface area contributed by atoms with Crippen molar-refractivity contribution in [3.8, 4) is 0 Å². The standard InChI is InChI=1S/C30H32N6O/c1-5-26(28-32-34-35-33-28)29(36(3)4)31-27(21(2)23-14-10-7-11-15-23)30-17-16-25(18-24(30)19-30)37-20-22-12-8-6-9-13-22/h5-18,24,31H,1,19-20H2,2-4H3,(H,32,33,34,35)/b27-21+,29-26-. The lowest BCUT2D eigenvalue weighted by Gasteiger charge is -2.29. The summed E-state index contributed by atoms with van der Waals surface area (Å²) in [6.45, 7) is 6.76. The average molecular weight is 493 g/mol. The van der Waals surface area contributed by atoms with Gasteiger partial charge < -0.3 is 15.0 Å². The molecule has 1 heterocycles. The molecule has 1 saturated carbocycles. The van der Waals surface area contributed by atoms with Gasteiger partial charge in [0.25, 0.3) is 0 Å². The second-order valence-electron chi connectivity index (χ2n) is 9.61. The number of benzene rings is 2. The number of allylic oxidation sites excluding steroid dienone is 6. The zero-order valence-electron chi connectivity index (χ0n) is 21.5. The van der Waals surface area contributed by atoms with Gasteiger partial charge in [-0.25, -0.2) is 0 Å². The average Bonchev–Trinajstić information content (AvgIpc) is 3.40. The van der Waals surface area contributed by atoms with Gasteiger partial charge >= 0.3 is 0 Å². The van der Waals surface area contributed by atoms with Crippen molar-refractivity contribution in [3.63, 3.8) is 0 Å². The summed E-state index contributed by atoms with van der Waals surface area (Å²) in [5, 5.41) is 18.5. The number of rotatable bonds is 10. The Morgan fingerprint density at radius 1 is 1.16 bits per heavy atom. The van der Waals surface area contributed by atoms with Crippen molar-refractivity contribution in [2.75, 3.05) is 14.1 Å². The molecule has 7 nitrogen and oxygen atoms in total. The Balaban J connectivity index is 1.49. The molecule has 0 spiro atoms. The third-order valence-electron chi connectivity index (χ3n) is 7.00. The fourth-order valence-corrected chi connectivity index (χ4v) is 4.90. The molecule has 0 radical (unpaired) electrons. The minimum atomic E-state index is -0.148. The second kappa shape index (κ2) is 10.3. The first-order valence-electron chi connectivity index (χ1n) is 12.4. The number of aromatic nitrogens is 4. The van der Waals surface area contributed by atoms with E-state index in [0.717, 1.165) is 34.8 Å². The lowest BCUT2D eigenvalue weighted by atomic mass is 9.89. The van der Waals surface area contributed by atoms with Crippen LogP contribution in [0.2, 0.25) is 0 Å². The van der Waals surface area contributed by atoms with Crippen LogP contribution in [0.1, 0.15) is 30.3 Å². The lowest BCUT2D eigenvalue weighted by Crippen LogP contribution is -2.31. The van der Waals surface area contributed by atoms with Gasteiger partial charge in [0.05, 0.1) is 5.57 Å². The molecule has 37 heavy (non-hydrogen) atoms. The summed E-state index contributed by atoms with van der Waals surface area (Å²) >= 11 is 0. The molecule has 7 heteroatoms. The second-order valence-corrected chi connectivity index (χ2v) is 9.61. The number of ether oxygens (including phenoxy) is 1. The van der Waals surface area contributed by atoms with Gasteiger partial charge in [0.2, 0.25) is 5.82 Å². The monoisotopic (exact) mass is 492 g/mol. The number of hydrogen-bond acceptors (Lipinski definition) is 6. The zero-order valence-corrected chi connectivity index (χ0v) is 21.5. The molecule has 2 unspecified atom stereocenters. The minimum absolute atomic E-state index is 0.148. The Labute approximate surface area is 217 Å². The van der Waals surface area contributed by atoms with E-state index in [1.807, 2.05) is 43.3 Å². The SMILES string of the molecule is C=C/C(=C(\N/C(=C(\C)c1ccccc1)C12C=CC(OCc3ccccc3)=CC1C2)N(C)C)c1nn[nH]n1. The van der Waals surface area contributed by atoms with Crippen molar-refractivity contribution in [2.24, 2.45) is 11.3 Å². The number of aromatic amines is 1. The van der Waals surface area contributed by atoms with E-state index in [0.29, 0.717) is 18.3 Å². The van der Waals surface area contributed by atoms with Crippen LogP contribution in [0.15, 0.2) is 109 Å². The lowest BCUT2D eigenvalue weighted by molar-refractivity contribution is 0.208. The smallest absolute Gasteiger partial charge is 0.208 e. The van der Waals surface area contributed by atoms with Crippen LogP contribution >= 0.6 is 0 Å². The summed E-state index contributed by atoms with van der Waals surface area (Å²) in [6.07, 6.45) is 9.42. The van der Waals surface area contributed by atoms with Crippen LogP contribution in [0.5, 0.6) is 0 Å². The number of nitrogens with one attached hydrogen (secondary N) is 2. The molecule has 0 saturated heterocycles. The summed E-state index contributed by atoms with van der Waals surface area (Å²) in [4.78, 5) is 2.02. The van der Waals surface area contributed by atoms with Gasteiger partial charge in [0.1, 0.15) is 18.2 Å². The molecule has 1 aromatic heterocycles. The highest BCUT2D eigenvalue weighted by Gasteiger charge is 2.56. The predicted octanol–water partition coefficient (Wildman–Crippen LogP) is 5.31. The highest BCUT2D eigenvalue weighted by atomic mass is 16.5. The molecule has 0 aliphatic heterocycles. The summed E-state index contributed by atoms with van der Waals surface area (Å²) in [5.74, 6) is 2.60. The van der Waals surface area contributed by atoms with Gasteiger partial charge in [-0.05, 0) is 53.3 Å². The Bertz CT molecular complexity index is 1370. The maximum Gasteiger partial charge on any atom is 0.208 e. The normalized spacial score (nSPS) is 21.2. The third kappa shape index (κ3) is 4.98. The summed E-state index contributed by atoms with van der Waals surface area (Å²) < 4.78 is 6.14. The van der Waals surface area contributed by atoms with Crippen molar-refractivity contribution < 1.29 is 4.74 Å². The highest BCUT2D eigenvalue weighted by molar-refractivity contribution is 5.74. The molecule has 2 atom stereocenters. The van der Waals surface area contributed by atoms with Gasteiger partial charge in [-0.3, -0.25) is 0 Å². The number of nitrogens with zero attached hydrogens (tertiary/aromatic N) is 4. The Morgan fingerprint density at radius 2 is 1.89 bits per heavy atom. The van der Waals surface area contributed by atoms with Crippen LogP contribution in [-0.4, -0.2) is 39.6 Å². The zero-order chi connectivity index (χ0) is 25.8. The van der Waals surface area contributed by atoms with Gasteiger partial charge in [-0.2, -0.15) is 5.21 Å². The number of fused-ring (bicyclic) bond motifs is 1. The molecule has 2 N–H and O–H groups in total. The fraction of sp³-hybridized carbons (Fsp3) is 0.233. The number of hydrogen-bond donors (Lipinski definition) is 2. The molecule has 5 rings (SSSR count). The van der Waals surface area contributed by atoms with Crippen LogP contribution in [0.4, 0.5) is 0 Å². The summed E-state index contributed by atoms with van der Waals surface area (Å²) in [7, 11) is 3.99. The van der Waals surface area contributed by atoms with Crippen LogP contribution in [0, 0.1) is 11.3 Å². The summed E-state index contributed by atoms with van der Waals surface area (Å²) in [5.41, 5.74) is 5.28. The quantitative estimate of drug-likeness (QED) is 0.373. The van der Waals surface area contributed by atoms with Crippen LogP contribution in [0.25, 0.3) is 11.1 Å². The van der Waals surface area contributed by atoms with E-state index in [1.165, 1.54) is 11.1 Å². The van der Waals surface area contributed by atoms with Gasteiger partial charge in [-0.15, -0.1) is 10.2 Å². The molecule has 2 aromatic carbocycles. The number of H-pyrrole nitrogens is 1. The first-order chi connectivity index (χ1) is 18.0. The van der Waals surface area contributed by atoms with Gasteiger partial charge in [-0.1, -0.05) is 79.4 Å². The molecule has 2 aliphatic carbocycles. The van der Waals surface area contributed by atoms with E-state index in [1.54, 1.807) is 6.08 Å². The Morgan fingerprint density at radius 3 is 2.51 bits per heavy atom. The van der Waals surface area contributed by atoms with Crippen LogP contribution in [-0.2, 0) is 11.3 Å². The van der Waals surface area contributed by atoms with E-state index in [-0.39, 0.29) is 5.41 Å². The third-order valence-corrected chi connectivity index (χ3v) is 7.00.